The highest BCUT2D eigenvalue weighted by molar-refractivity contribution is 7.16. The molecule has 2 saturated heterocycles. The highest BCUT2D eigenvalue weighted by atomic mass is 32.1. The Hall–Kier alpha value is -2.44. The normalized spacial score (nSPS) is 22.9. The van der Waals surface area contributed by atoms with Crippen LogP contribution in [0.5, 0.6) is 0 Å². The summed E-state index contributed by atoms with van der Waals surface area (Å²) < 4.78 is 0. The molecule has 2 unspecified atom stereocenters. The van der Waals surface area contributed by atoms with Crippen molar-refractivity contribution in [2.75, 3.05) is 30.3 Å². The maximum atomic E-state index is 6.26. The second-order valence-corrected chi connectivity index (χ2v) is 9.90. The van der Waals surface area contributed by atoms with Crippen molar-refractivity contribution in [2.24, 2.45) is 5.92 Å². The first-order valence-corrected chi connectivity index (χ1v) is 11.9. The summed E-state index contributed by atoms with van der Waals surface area (Å²) in [6, 6.07) is 13.6. The van der Waals surface area contributed by atoms with Crippen LogP contribution in [0.4, 0.5) is 11.8 Å². The molecule has 2 aliphatic heterocycles. The lowest BCUT2D eigenvalue weighted by atomic mass is 9.94. The number of nitrogens with two attached hydrogens (primary N) is 1. The third-order valence-corrected chi connectivity index (χ3v) is 8.10. The highest BCUT2D eigenvalue weighted by Crippen LogP contribution is 2.43. The van der Waals surface area contributed by atoms with E-state index >= 15 is 0 Å². The third-order valence-electron chi connectivity index (χ3n) is 6.85. The summed E-state index contributed by atoms with van der Waals surface area (Å²) in [6.45, 7) is 3.24. The lowest BCUT2D eigenvalue weighted by Crippen LogP contribution is -2.40. The van der Waals surface area contributed by atoms with Crippen molar-refractivity contribution in [1.29, 1.82) is 0 Å². The van der Waals surface area contributed by atoms with Gasteiger partial charge in [-0.2, -0.15) is 4.98 Å². The Labute approximate surface area is 181 Å². The van der Waals surface area contributed by atoms with E-state index in [4.69, 9.17) is 15.7 Å². The van der Waals surface area contributed by atoms with Crippen molar-refractivity contribution < 1.29 is 0 Å². The Bertz CT molecular complexity index is 1060. The summed E-state index contributed by atoms with van der Waals surface area (Å²) in [5.74, 6) is 2.19. The van der Waals surface area contributed by atoms with E-state index in [9.17, 15) is 0 Å². The molecule has 0 spiro atoms. The Kier molecular flexibility index (Phi) is 4.50. The molecule has 154 valence electrons. The van der Waals surface area contributed by atoms with Gasteiger partial charge in [0.25, 0.3) is 0 Å². The molecule has 0 amide bonds. The van der Waals surface area contributed by atoms with Crippen LogP contribution in [0.3, 0.4) is 0 Å². The molecule has 6 heteroatoms. The van der Waals surface area contributed by atoms with Gasteiger partial charge in [-0.05, 0) is 56.2 Å². The fraction of sp³-hybridized carbons (Fsp3) is 0.417. The predicted octanol–water partition coefficient (Wildman–Crippen LogP) is 4.13. The number of fused-ring (bicyclic) bond motifs is 4. The number of hydrogen-bond acceptors (Lipinski definition) is 6. The summed E-state index contributed by atoms with van der Waals surface area (Å²) in [7, 11) is 0. The van der Waals surface area contributed by atoms with E-state index in [0.717, 1.165) is 56.3 Å². The zero-order valence-corrected chi connectivity index (χ0v) is 17.9. The Morgan fingerprint density at radius 2 is 1.97 bits per heavy atom. The van der Waals surface area contributed by atoms with Crippen molar-refractivity contribution in [1.82, 2.24) is 15.3 Å². The first kappa shape index (κ1) is 18.3. The number of nitrogens with zero attached hydrogens (tertiary/aromatic N) is 3. The SMILES string of the molecule is Nc1nc2c(c(N3CC4CCCNC4C3)n1)CCCc1sc(-c3ccccc3)cc1-2. The van der Waals surface area contributed by atoms with Gasteiger partial charge >= 0.3 is 0 Å². The fourth-order valence-electron chi connectivity index (χ4n) is 5.41. The highest BCUT2D eigenvalue weighted by Gasteiger charge is 2.36. The summed E-state index contributed by atoms with van der Waals surface area (Å²) in [6.07, 6.45) is 5.83. The average molecular weight is 418 g/mol. The minimum atomic E-state index is 0.395. The van der Waals surface area contributed by atoms with Crippen LogP contribution < -0.4 is 16.0 Å². The van der Waals surface area contributed by atoms with Crippen molar-refractivity contribution in [3.8, 4) is 21.7 Å². The molecule has 30 heavy (non-hydrogen) atoms. The van der Waals surface area contributed by atoms with Crippen molar-refractivity contribution in [2.45, 2.75) is 38.1 Å². The molecule has 0 radical (unpaired) electrons. The van der Waals surface area contributed by atoms with Gasteiger partial charge in [0.05, 0.1) is 5.69 Å². The molecule has 4 heterocycles. The molecule has 2 aromatic heterocycles. The van der Waals surface area contributed by atoms with Gasteiger partial charge in [0, 0.05) is 40.0 Å². The Morgan fingerprint density at radius 1 is 1.07 bits per heavy atom. The van der Waals surface area contributed by atoms with E-state index in [1.165, 1.54) is 39.3 Å². The molecular weight excluding hydrogens is 390 g/mol. The van der Waals surface area contributed by atoms with Gasteiger partial charge < -0.3 is 16.0 Å². The molecule has 0 bridgehead atoms. The number of benzene rings is 1. The monoisotopic (exact) mass is 417 g/mol. The van der Waals surface area contributed by atoms with E-state index in [2.05, 4.69) is 46.6 Å². The molecule has 6 rings (SSSR count). The van der Waals surface area contributed by atoms with Gasteiger partial charge in [-0.25, -0.2) is 4.98 Å². The van der Waals surface area contributed by atoms with Crippen LogP contribution in [0.25, 0.3) is 21.7 Å². The molecular formula is C24H27N5S. The second kappa shape index (κ2) is 7.36. The number of nitrogen functional groups attached to an aromatic ring is 1. The molecule has 3 N–H and O–H groups in total. The topological polar surface area (TPSA) is 67.1 Å². The van der Waals surface area contributed by atoms with Crippen molar-refractivity contribution >= 4 is 23.1 Å². The fourth-order valence-corrected chi connectivity index (χ4v) is 6.62. The van der Waals surface area contributed by atoms with Gasteiger partial charge in [-0.1, -0.05) is 30.3 Å². The minimum absolute atomic E-state index is 0.395. The number of aryl methyl sites for hydroxylation is 1. The molecule has 1 aliphatic carbocycles. The van der Waals surface area contributed by atoms with Crippen LogP contribution in [0.2, 0.25) is 0 Å². The largest absolute Gasteiger partial charge is 0.368 e. The van der Waals surface area contributed by atoms with E-state index in [0.29, 0.717) is 12.0 Å². The van der Waals surface area contributed by atoms with Gasteiger partial charge in [-0.15, -0.1) is 11.3 Å². The number of thiophene rings is 1. The quantitative estimate of drug-likeness (QED) is 0.656. The maximum absolute atomic E-state index is 6.26. The number of nitrogens with one attached hydrogen (secondary N) is 1. The maximum Gasteiger partial charge on any atom is 0.222 e. The molecule has 2 fully saturated rings. The van der Waals surface area contributed by atoms with Gasteiger partial charge in [0.2, 0.25) is 5.95 Å². The predicted molar refractivity (Wildman–Crippen MR) is 124 cm³/mol. The van der Waals surface area contributed by atoms with Gasteiger partial charge in [0.15, 0.2) is 0 Å². The zero-order chi connectivity index (χ0) is 20.1. The Balaban J connectivity index is 1.43. The van der Waals surface area contributed by atoms with E-state index < -0.39 is 0 Å². The van der Waals surface area contributed by atoms with E-state index in [1.54, 1.807) is 0 Å². The van der Waals surface area contributed by atoms with Gasteiger partial charge in [-0.3, -0.25) is 0 Å². The number of rotatable bonds is 2. The molecule has 1 aromatic carbocycles. The molecule has 3 aliphatic rings. The van der Waals surface area contributed by atoms with Crippen LogP contribution in [-0.2, 0) is 12.8 Å². The van der Waals surface area contributed by atoms with E-state index in [1.807, 2.05) is 11.3 Å². The summed E-state index contributed by atoms with van der Waals surface area (Å²) in [5.41, 5.74) is 11.1. The lowest BCUT2D eigenvalue weighted by molar-refractivity contribution is 0.340. The third kappa shape index (κ3) is 3.10. The first-order chi connectivity index (χ1) is 14.8. The van der Waals surface area contributed by atoms with Crippen LogP contribution in [0.15, 0.2) is 36.4 Å². The molecule has 5 nitrogen and oxygen atoms in total. The number of aromatic nitrogens is 2. The standard InChI is InChI=1S/C24H27N5S/c25-24-27-22-17(23(28-24)29-13-16-8-5-11-26-19(16)14-29)9-4-10-20-18(22)12-21(30-20)15-6-2-1-3-7-15/h1-3,6-7,12,16,19,26H,4-5,8-11,13-14H2,(H2,25,27,28). The van der Waals surface area contributed by atoms with Crippen LogP contribution in [0, 0.1) is 5.92 Å². The number of hydrogen-bond donors (Lipinski definition) is 2. The zero-order valence-electron chi connectivity index (χ0n) is 17.1. The molecule has 3 aromatic rings. The lowest BCUT2D eigenvalue weighted by Gasteiger charge is -2.24. The van der Waals surface area contributed by atoms with Gasteiger partial charge in [0.1, 0.15) is 5.82 Å². The van der Waals surface area contributed by atoms with Crippen molar-refractivity contribution in [3.05, 3.63) is 46.8 Å². The smallest absolute Gasteiger partial charge is 0.222 e. The summed E-state index contributed by atoms with van der Waals surface area (Å²) >= 11 is 1.90. The summed E-state index contributed by atoms with van der Waals surface area (Å²) in [5, 5.41) is 3.71. The number of piperidine rings is 1. The van der Waals surface area contributed by atoms with E-state index in [-0.39, 0.29) is 0 Å². The molecule has 0 saturated carbocycles. The number of anilines is 2. The first-order valence-electron chi connectivity index (χ1n) is 11.1. The average Bonchev–Trinajstić information content (AvgIpc) is 3.35. The summed E-state index contributed by atoms with van der Waals surface area (Å²) in [4.78, 5) is 14.8. The Morgan fingerprint density at radius 3 is 2.83 bits per heavy atom. The molecule has 2 atom stereocenters. The van der Waals surface area contributed by atoms with Crippen LogP contribution in [-0.4, -0.2) is 35.6 Å². The second-order valence-electron chi connectivity index (χ2n) is 8.77. The minimum Gasteiger partial charge on any atom is -0.368 e. The van der Waals surface area contributed by atoms with Crippen LogP contribution in [0.1, 0.15) is 29.7 Å². The van der Waals surface area contributed by atoms with Crippen molar-refractivity contribution in [3.63, 3.8) is 0 Å². The van der Waals surface area contributed by atoms with Crippen LogP contribution >= 0.6 is 11.3 Å².